The molecule has 0 unspecified atom stereocenters. The number of aliphatic hydroxyl groups is 1. The average Bonchev–Trinajstić information content (AvgIpc) is 3.21. The molecule has 0 fully saturated rings. The molecule has 4 aromatic heterocycles. The van der Waals surface area contributed by atoms with Crippen LogP contribution in [0.1, 0.15) is 37.0 Å². The fraction of sp³-hybridized carbons (Fsp3) is 0.261. The number of pyridine rings is 2. The van der Waals surface area contributed by atoms with Gasteiger partial charge in [0, 0.05) is 31.1 Å². The van der Waals surface area contributed by atoms with Crippen LogP contribution in [0.25, 0.3) is 17.1 Å². The normalized spacial score (nSPS) is 11.6. The van der Waals surface area contributed by atoms with Crippen LogP contribution < -0.4 is 10.3 Å². The summed E-state index contributed by atoms with van der Waals surface area (Å²) in [5.41, 5.74) is 1.02. The molecule has 4 aromatic rings. The van der Waals surface area contributed by atoms with E-state index in [1.807, 2.05) is 0 Å². The van der Waals surface area contributed by atoms with Crippen LogP contribution in [0.4, 0.5) is 0 Å². The Morgan fingerprint density at radius 3 is 2.65 bits per heavy atom. The lowest BCUT2D eigenvalue weighted by molar-refractivity contribution is 0.0688. The predicted octanol–water partition coefficient (Wildman–Crippen LogP) is 4.52. The van der Waals surface area contributed by atoms with Crippen LogP contribution in [0.5, 0.6) is 5.75 Å². The van der Waals surface area contributed by atoms with Gasteiger partial charge in [0.15, 0.2) is 11.7 Å². The Hall–Kier alpha value is -3.08. The standard InChI is InChI=1S/C23H21BrClN5O4/c1-12-7-19(34-11-14-10-33-13(2)28-14)20(24)21(31)30(12)18-8-17(27-9-15(18)25)16-5-6-26-22(29-16)23(3,4)32/h5-10,32H,11H2,1-4H3. The second-order valence-corrected chi connectivity index (χ2v) is 9.30. The maximum Gasteiger partial charge on any atom is 0.273 e. The number of ether oxygens (including phenoxy) is 1. The fourth-order valence-corrected chi connectivity index (χ4v) is 3.84. The Balaban J connectivity index is 1.73. The Bertz CT molecular complexity index is 1430. The summed E-state index contributed by atoms with van der Waals surface area (Å²) in [7, 11) is 0. The highest BCUT2D eigenvalue weighted by Gasteiger charge is 2.21. The molecule has 0 aliphatic carbocycles. The molecule has 0 saturated carbocycles. The van der Waals surface area contributed by atoms with Crippen molar-refractivity contribution in [3.8, 4) is 22.8 Å². The van der Waals surface area contributed by atoms with Crippen molar-refractivity contribution in [1.29, 1.82) is 0 Å². The maximum atomic E-state index is 13.3. The van der Waals surface area contributed by atoms with Gasteiger partial charge >= 0.3 is 0 Å². The van der Waals surface area contributed by atoms with E-state index in [0.717, 1.165) is 0 Å². The Morgan fingerprint density at radius 1 is 1.21 bits per heavy atom. The van der Waals surface area contributed by atoms with Gasteiger partial charge in [0.05, 0.1) is 22.1 Å². The zero-order valence-corrected chi connectivity index (χ0v) is 21.2. The summed E-state index contributed by atoms with van der Waals surface area (Å²) >= 11 is 9.79. The van der Waals surface area contributed by atoms with Gasteiger partial charge in [-0.2, -0.15) is 0 Å². The smallest absolute Gasteiger partial charge is 0.273 e. The van der Waals surface area contributed by atoms with Gasteiger partial charge in [-0.15, -0.1) is 0 Å². The number of nitrogens with zero attached hydrogens (tertiary/aromatic N) is 5. The molecule has 0 spiro atoms. The minimum absolute atomic E-state index is 0.149. The van der Waals surface area contributed by atoms with Crippen molar-refractivity contribution >= 4 is 27.5 Å². The van der Waals surface area contributed by atoms with E-state index in [1.54, 1.807) is 52.1 Å². The van der Waals surface area contributed by atoms with Crippen LogP contribution in [0.15, 0.2) is 50.5 Å². The molecule has 11 heteroatoms. The van der Waals surface area contributed by atoms with Crippen molar-refractivity contribution in [2.24, 2.45) is 0 Å². The second kappa shape index (κ2) is 9.28. The lowest BCUT2D eigenvalue weighted by Crippen LogP contribution is -2.22. The SMILES string of the molecule is Cc1nc(COc2cc(C)n(-c3cc(-c4ccnc(C(C)(C)O)n4)ncc3Cl)c(=O)c2Br)co1. The summed E-state index contributed by atoms with van der Waals surface area (Å²) in [6.45, 7) is 6.86. The third-order valence-electron chi connectivity index (χ3n) is 4.88. The molecule has 0 radical (unpaired) electrons. The van der Waals surface area contributed by atoms with Gasteiger partial charge in [-0.3, -0.25) is 14.3 Å². The van der Waals surface area contributed by atoms with Gasteiger partial charge in [-0.05, 0) is 48.8 Å². The van der Waals surface area contributed by atoms with Crippen LogP contribution in [0.2, 0.25) is 5.02 Å². The molecule has 34 heavy (non-hydrogen) atoms. The topological polar surface area (TPSA) is 116 Å². The molecule has 9 nitrogen and oxygen atoms in total. The quantitative estimate of drug-likeness (QED) is 0.375. The van der Waals surface area contributed by atoms with Crippen molar-refractivity contribution in [2.75, 3.05) is 0 Å². The Labute approximate surface area is 208 Å². The molecule has 0 aromatic carbocycles. The van der Waals surface area contributed by atoms with Crippen LogP contribution in [-0.4, -0.2) is 29.6 Å². The molecule has 0 bridgehead atoms. The lowest BCUT2D eigenvalue weighted by atomic mass is 10.1. The molecule has 1 N–H and O–H groups in total. The van der Waals surface area contributed by atoms with Crippen LogP contribution in [0.3, 0.4) is 0 Å². The first kappa shape index (κ1) is 24.1. The van der Waals surface area contributed by atoms with Gasteiger partial charge < -0.3 is 14.3 Å². The molecular weight excluding hydrogens is 526 g/mol. The fourth-order valence-electron chi connectivity index (χ4n) is 3.25. The van der Waals surface area contributed by atoms with Crippen molar-refractivity contribution in [1.82, 2.24) is 24.5 Å². The highest BCUT2D eigenvalue weighted by atomic mass is 79.9. The van der Waals surface area contributed by atoms with Crippen molar-refractivity contribution in [3.63, 3.8) is 0 Å². The predicted molar refractivity (Wildman–Crippen MR) is 129 cm³/mol. The zero-order chi connectivity index (χ0) is 24.6. The maximum absolute atomic E-state index is 13.3. The summed E-state index contributed by atoms with van der Waals surface area (Å²) in [5, 5.41) is 10.5. The van der Waals surface area contributed by atoms with E-state index in [1.165, 1.54) is 17.0 Å². The minimum atomic E-state index is -1.22. The number of halogens is 2. The zero-order valence-electron chi connectivity index (χ0n) is 18.8. The first-order valence-electron chi connectivity index (χ1n) is 10.2. The number of rotatable bonds is 6. The molecule has 0 amide bonds. The van der Waals surface area contributed by atoms with E-state index in [4.69, 9.17) is 20.8 Å². The summed E-state index contributed by atoms with van der Waals surface area (Å²) in [6, 6.07) is 5.06. The highest BCUT2D eigenvalue weighted by Crippen LogP contribution is 2.29. The molecule has 0 aliphatic heterocycles. The average molecular weight is 547 g/mol. The Kier molecular flexibility index (Phi) is 6.57. The third-order valence-corrected chi connectivity index (χ3v) is 5.90. The number of hydrogen-bond acceptors (Lipinski definition) is 8. The first-order chi connectivity index (χ1) is 16.0. The number of aromatic nitrogens is 5. The van der Waals surface area contributed by atoms with Crippen molar-refractivity contribution < 1.29 is 14.3 Å². The summed E-state index contributed by atoms with van der Waals surface area (Å²) < 4.78 is 12.7. The Morgan fingerprint density at radius 2 is 1.97 bits per heavy atom. The summed E-state index contributed by atoms with van der Waals surface area (Å²) in [4.78, 5) is 30.4. The van der Waals surface area contributed by atoms with Crippen molar-refractivity contribution in [3.05, 3.63) is 79.8 Å². The first-order valence-corrected chi connectivity index (χ1v) is 11.4. The van der Waals surface area contributed by atoms with Gasteiger partial charge in [0.25, 0.3) is 5.56 Å². The van der Waals surface area contributed by atoms with E-state index in [-0.39, 0.29) is 27.5 Å². The lowest BCUT2D eigenvalue weighted by Gasteiger charge is -2.17. The molecule has 0 atom stereocenters. The monoisotopic (exact) mass is 545 g/mol. The highest BCUT2D eigenvalue weighted by molar-refractivity contribution is 9.10. The molecule has 0 saturated heterocycles. The van der Waals surface area contributed by atoms with E-state index in [0.29, 0.717) is 40.1 Å². The third kappa shape index (κ3) is 4.89. The number of aryl methyl sites for hydroxylation is 2. The molecule has 0 aliphatic rings. The minimum Gasteiger partial charge on any atom is -0.486 e. The second-order valence-electron chi connectivity index (χ2n) is 8.10. The number of hydrogen-bond donors (Lipinski definition) is 1. The summed E-state index contributed by atoms with van der Waals surface area (Å²) in [5.74, 6) is 1.16. The van der Waals surface area contributed by atoms with Gasteiger partial charge in [0.1, 0.15) is 34.4 Å². The van der Waals surface area contributed by atoms with Crippen molar-refractivity contribution in [2.45, 2.75) is 39.9 Å². The molecule has 4 rings (SSSR count). The molecular formula is C23H21BrClN5O4. The number of oxazole rings is 1. The van der Waals surface area contributed by atoms with E-state index < -0.39 is 5.60 Å². The largest absolute Gasteiger partial charge is 0.486 e. The van der Waals surface area contributed by atoms with E-state index >= 15 is 0 Å². The van der Waals surface area contributed by atoms with Gasteiger partial charge in [-0.1, -0.05) is 11.6 Å². The van der Waals surface area contributed by atoms with Crippen LogP contribution >= 0.6 is 27.5 Å². The van der Waals surface area contributed by atoms with Gasteiger partial charge in [0.2, 0.25) is 0 Å². The molecule has 176 valence electrons. The van der Waals surface area contributed by atoms with Crippen LogP contribution in [-0.2, 0) is 12.2 Å². The summed E-state index contributed by atoms with van der Waals surface area (Å²) in [6.07, 6.45) is 4.50. The molecule has 4 heterocycles. The van der Waals surface area contributed by atoms with E-state index in [2.05, 4.69) is 35.9 Å². The van der Waals surface area contributed by atoms with E-state index in [9.17, 15) is 9.90 Å². The van der Waals surface area contributed by atoms with Gasteiger partial charge in [-0.25, -0.2) is 15.0 Å². The van der Waals surface area contributed by atoms with Crippen LogP contribution in [0, 0.1) is 13.8 Å².